The Morgan fingerprint density at radius 1 is 1.55 bits per heavy atom. The second kappa shape index (κ2) is 5.06. The zero-order valence-corrected chi connectivity index (χ0v) is 13.2. The number of nitrogens with one attached hydrogen (secondary N) is 1. The summed E-state index contributed by atoms with van der Waals surface area (Å²) in [6, 6.07) is 0. The standard InChI is InChI=1S/C13H20N4O2S/c1-7-8-9(14)10(20-12(8)17(4)16-7)11(18)15-13(2,3)6-19-5/h6,14H2,1-5H3,(H,15,18). The first-order valence-electron chi connectivity index (χ1n) is 6.30. The van der Waals surface area contributed by atoms with Gasteiger partial charge in [0.15, 0.2) is 0 Å². The molecule has 0 bridgehead atoms. The number of nitrogens with two attached hydrogens (primary N) is 1. The molecule has 2 aromatic rings. The first kappa shape index (κ1) is 14.8. The van der Waals surface area contributed by atoms with E-state index in [4.69, 9.17) is 10.5 Å². The summed E-state index contributed by atoms with van der Waals surface area (Å²) < 4.78 is 6.85. The fraction of sp³-hybridized carbons (Fsp3) is 0.538. The van der Waals surface area contributed by atoms with Gasteiger partial charge in [-0.1, -0.05) is 0 Å². The molecule has 1 amide bonds. The Hall–Kier alpha value is -1.60. The molecule has 2 aromatic heterocycles. The number of carbonyl (C=O) groups is 1. The molecule has 110 valence electrons. The number of nitrogens with zero attached hydrogens (tertiary/aromatic N) is 2. The maximum atomic E-state index is 12.4. The van der Waals surface area contributed by atoms with Gasteiger partial charge in [0.25, 0.3) is 5.91 Å². The van der Waals surface area contributed by atoms with Crippen molar-refractivity contribution in [3.05, 3.63) is 10.6 Å². The molecular weight excluding hydrogens is 276 g/mol. The van der Waals surface area contributed by atoms with Gasteiger partial charge in [-0.15, -0.1) is 11.3 Å². The molecule has 0 aliphatic heterocycles. The zero-order valence-electron chi connectivity index (χ0n) is 12.4. The monoisotopic (exact) mass is 296 g/mol. The lowest BCUT2D eigenvalue weighted by Gasteiger charge is -2.24. The molecular formula is C13H20N4O2S. The number of amides is 1. The molecule has 0 aromatic carbocycles. The number of aromatic nitrogens is 2. The number of hydrogen-bond donors (Lipinski definition) is 2. The van der Waals surface area contributed by atoms with E-state index in [1.807, 2.05) is 27.8 Å². The van der Waals surface area contributed by atoms with Crippen molar-refractivity contribution < 1.29 is 9.53 Å². The van der Waals surface area contributed by atoms with Crippen molar-refractivity contribution in [1.29, 1.82) is 0 Å². The molecule has 0 saturated carbocycles. The van der Waals surface area contributed by atoms with E-state index in [9.17, 15) is 4.79 Å². The van der Waals surface area contributed by atoms with E-state index in [1.54, 1.807) is 11.8 Å². The zero-order chi connectivity index (χ0) is 15.1. The average molecular weight is 296 g/mol. The number of methoxy groups -OCH3 is 1. The van der Waals surface area contributed by atoms with Crippen molar-refractivity contribution in [2.75, 3.05) is 19.5 Å². The maximum Gasteiger partial charge on any atom is 0.264 e. The predicted molar refractivity (Wildman–Crippen MR) is 81.2 cm³/mol. The van der Waals surface area contributed by atoms with Crippen molar-refractivity contribution >= 4 is 33.1 Å². The fourth-order valence-corrected chi connectivity index (χ4v) is 3.34. The summed E-state index contributed by atoms with van der Waals surface area (Å²) in [6.07, 6.45) is 0. The highest BCUT2D eigenvalue weighted by atomic mass is 32.1. The number of ether oxygens (including phenoxy) is 1. The van der Waals surface area contributed by atoms with Gasteiger partial charge in [0.2, 0.25) is 0 Å². The quantitative estimate of drug-likeness (QED) is 0.899. The van der Waals surface area contributed by atoms with E-state index in [1.165, 1.54) is 11.3 Å². The Kier molecular flexibility index (Phi) is 3.75. The van der Waals surface area contributed by atoms with E-state index < -0.39 is 5.54 Å². The van der Waals surface area contributed by atoms with Gasteiger partial charge in [0.05, 0.1) is 28.9 Å². The average Bonchev–Trinajstić information content (AvgIpc) is 2.78. The third-order valence-corrected chi connectivity index (χ3v) is 4.32. The Balaban J connectivity index is 2.36. The molecule has 2 heterocycles. The third kappa shape index (κ3) is 2.51. The number of anilines is 1. The van der Waals surface area contributed by atoms with Crippen LogP contribution in [0.4, 0.5) is 5.69 Å². The topological polar surface area (TPSA) is 82.2 Å². The van der Waals surface area contributed by atoms with Gasteiger partial charge in [-0.2, -0.15) is 5.10 Å². The predicted octanol–water partition coefficient (Wildman–Crippen LogP) is 1.68. The molecule has 3 N–H and O–H groups in total. The Morgan fingerprint density at radius 3 is 2.75 bits per heavy atom. The molecule has 6 nitrogen and oxygen atoms in total. The van der Waals surface area contributed by atoms with Crippen LogP contribution in [0.15, 0.2) is 0 Å². The number of hydrogen-bond acceptors (Lipinski definition) is 5. The minimum atomic E-state index is -0.443. The largest absolute Gasteiger partial charge is 0.397 e. The summed E-state index contributed by atoms with van der Waals surface area (Å²) in [7, 11) is 3.46. The molecule has 0 saturated heterocycles. The molecule has 0 unspecified atom stereocenters. The lowest BCUT2D eigenvalue weighted by atomic mass is 10.1. The third-order valence-electron chi connectivity index (χ3n) is 3.05. The molecule has 0 radical (unpaired) electrons. The van der Waals surface area contributed by atoms with Gasteiger partial charge in [0, 0.05) is 14.2 Å². The van der Waals surface area contributed by atoms with Gasteiger partial charge in [0.1, 0.15) is 9.71 Å². The lowest BCUT2D eigenvalue weighted by Crippen LogP contribution is -2.46. The van der Waals surface area contributed by atoms with E-state index in [2.05, 4.69) is 10.4 Å². The van der Waals surface area contributed by atoms with Crippen molar-refractivity contribution in [2.24, 2.45) is 7.05 Å². The first-order chi connectivity index (χ1) is 9.26. The van der Waals surface area contributed by atoms with Crippen LogP contribution in [-0.2, 0) is 11.8 Å². The fourth-order valence-electron chi connectivity index (χ4n) is 2.26. The number of rotatable bonds is 4. The second-order valence-electron chi connectivity index (χ2n) is 5.51. The Bertz CT molecular complexity index is 657. The maximum absolute atomic E-state index is 12.4. The summed E-state index contributed by atoms with van der Waals surface area (Å²) >= 11 is 1.36. The van der Waals surface area contributed by atoms with Crippen LogP contribution < -0.4 is 11.1 Å². The highest BCUT2D eigenvalue weighted by Crippen LogP contribution is 2.35. The van der Waals surface area contributed by atoms with Crippen LogP contribution in [0.2, 0.25) is 0 Å². The molecule has 7 heteroatoms. The first-order valence-corrected chi connectivity index (χ1v) is 7.11. The second-order valence-corrected chi connectivity index (χ2v) is 6.50. The number of carbonyl (C=O) groups excluding carboxylic acids is 1. The van der Waals surface area contributed by atoms with Gasteiger partial charge >= 0.3 is 0 Å². The van der Waals surface area contributed by atoms with Crippen LogP contribution in [0.1, 0.15) is 29.2 Å². The van der Waals surface area contributed by atoms with Crippen LogP contribution in [0.5, 0.6) is 0 Å². The van der Waals surface area contributed by atoms with Crippen LogP contribution in [-0.4, -0.2) is 34.9 Å². The minimum absolute atomic E-state index is 0.176. The summed E-state index contributed by atoms with van der Waals surface area (Å²) in [5.41, 5.74) is 7.01. The normalized spacial score (nSPS) is 12.1. The van der Waals surface area contributed by atoms with E-state index in [0.29, 0.717) is 17.2 Å². The molecule has 0 atom stereocenters. The van der Waals surface area contributed by atoms with E-state index in [-0.39, 0.29) is 5.91 Å². The number of thiophene rings is 1. The highest BCUT2D eigenvalue weighted by Gasteiger charge is 2.26. The highest BCUT2D eigenvalue weighted by molar-refractivity contribution is 7.21. The summed E-state index contributed by atoms with van der Waals surface area (Å²) in [5, 5.41) is 8.12. The number of nitrogen functional groups attached to an aromatic ring is 1. The molecule has 0 spiro atoms. The van der Waals surface area contributed by atoms with Crippen LogP contribution in [0.3, 0.4) is 0 Å². The Labute approximate surface area is 121 Å². The van der Waals surface area contributed by atoms with Crippen LogP contribution in [0, 0.1) is 6.92 Å². The van der Waals surface area contributed by atoms with Crippen molar-refractivity contribution in [1.82, 2.24) is 15.1 Å². The van der Waals surface area contributed by atoms with Crippen LogP contribution in [0.25, 0.3) is 10.2 Å². The lowest BCUT2D eigenvalue weighted by molar-refractivity contribution is 0.0824. The number of aryl methyl sites for hydroxylation is 2. The van der Waals surface area contributed by atoms with E-state index in [0.717, 1.165) is 15.9 Å². The van der Waals surface area contributed by atoms with Crippen molar-refractivity contribution in [2.45, 2.75) is 26.3 Å². The van der Waals surface area contributed by atoms with Gasteiger partial charge in [-0.3, -0.25) is 9.48 Å². The number of fused-ring (bicyclic) bond motifs is 1. The smallest absolute Gasteiger partial charge is 0.264 e. The molecule has 0 aliphatic carbocycles. The molecule has 0 fully saturated rings. The van der Waals surface area contributed by atoms with Crippen molar-refractivity contribution in [3.63, 3.8) is 0 Å². The van der Waals surface area contributed by atoms with Crippen LogP contribution >= 0.6 is 11.3 Å². The minimum Gasteiger partial charge on any atom is -0.397 e. The van der Waals surface area contributed by atoms with Gasteiger partial charge in [-0.05, 0) is 20.8 Å². The molecule has 2 rings (SSSR count). The molecule has 20 heavy (non-hydrogen) atoms. The molecule has 0 aliphatic rings. The summed E-state index contributed by atoms with van der Waals surface area (Å²) in [5.74, 6) is -0.176. The van der Waals surface area contributed by atoms with Gasteiger partial charge in [-0.25, -0.2) is 0 Å². The van der Waals surface area contributed by atoms with Crippen molar-refractivity contribution in [3.8, 4) is 0 Å². The summed E-state index contributed by atoms with van der Waals surface area (Å²) in [4.78, 5) is 13.8. The Morgan fingerprint density at radius 2 is 2.20 bits per heavy atom. The van der Waals surface area contributed by atoms with Gasteiger partial charge < -0.3 is 15.8 Å². The SMILES string of the molecule is COCC(C)(C)NC(=O)c1sc2c(c(C)nn2C)c1N. The summed E-state index contributed by atoms with van der Waals surface area (Å²) in [6.45, 7) is 6.14. The van der Waals surface area contributed by atoms with E-state index >= 15 is 0 Å².